The molecule has 17 heterocycles. The minimum atomic E-state index is -5.68. The van der Waals surface area contributed by atoms with Gasteiger partial charge in [-0.2, -0.15) is 19.9 Å². The first-order chi connectivity index (χ1) is 62.7. The van der Waals surface area contributed by atoms with Crippen molar-refractivity contribution in [1.29, 1.82) is 0 Å². The first-order valence-electron chi connectivity index (χ1n) is 40.3. The molecule has 0 radical (unpaired) electrons. The second-order valence-corrected chi connectivity index (χ2v) is 44.9. The number of nitrogens with two attached hydrogens (primary N) is 5. The lowest BCUT2D eigenvalue weighted by Crippen LogP contribution is -2.44. The number of imidazole rings is 5. The van der Waals surface area contributed by atoms with Crippen LogP contribution in [0.15, 0.2) is 72.9 Å². The van der Waals surface area contributed by atoms with Crippen molar-refractivity contribution in [2.24, 2.45) is 0 Å². The molecule has 0 saturated carbocycles. The van der Waals surface area contributed by atoms with Crippen molar-refractivity contribution in [3.8, 4) is 0 Å². The topological polar surface area (TPSA) is 846 Å². The highest BCUT2D eigenvalue weighted by molar-refractivity contribution is 7.48. The predicted octanol–water partition coefficient (Wildman–Crippen LogP) is -0.253. The highest BCUT2D eigenvalue weighted by atomic mass is 31.2. The fourth-order valence-corrected chi connectivity index (χ4v) is 21.4. The normalized spacial score (nSPS) is 28.3. The number of ether oxygens (including phenoxy) is 6. The lowest BCUT2D eigenvalue weighted by molar-refractivity contribution is -0.0638. The number of nitrogens with one attached hydrogen (secondary N) is 5. The van der Waals surface area contributed by atoms with Gasteiger partial charge in [-0.05, 0) is 25.1 Å². The number of nitrogens with zero attached hydrogens (tertiary/aromatic N) is 17. The van der Waals surface area contributed by atoms with Crippen LogP contribution in [0.4, 0.5) is 29.6 Å². The molecule has 6 aliphatic rings. The molecule has 6 aliphatic heterocycles. The number of nitrogen functional groups attached to an aromatic ring is 5. The molecule has 11 aromatic rings. The van der Waals surface area contributed by atoms with Gasteiger partial charge >= 0.3 is 44.8 Å². The molecule has 61 nitrogen and oxygen atoms in total. The van der Waals surface area contributed by atoms with Crippen LogP contribution in [-0.4, -0.2) is 258 Å². The molecule has 23 atom stereocenters. The average Bonchev–Trinajstić information content (AvgIpc) is 1.60. The molecule has 5 unspecified atom stereocenters. The smallest absolute Gasteiger partial charge is 0.414 e. The molecule has 720 valence electrons. The van der Waals surface area contributed by atoms with Crippen molar-refractivity contribution >= 4 is 133 Å². The average molecular weight is 1990 g/mol. The molecule has 6 saturated heterocycles. The van der Waals surface area contributed by atoms with Gasteiger partial charge in [-0.1, -0.05) is 20.8 Å². The van der Waals surface area contributed by atoms with Gasteiger partial charge < -0.3 is 91.1 Å². The van der Waals surface area contributed by atoms with Gasteiger partial charge in [0.2, 0.25) is 23.8 Å². The number of hydrogen-bond acceptors (Lipinski definition) is 45. The van der Waals surface area contributed by atoms with E-state index >= 15 is 0 Å². The third kappa shape index (κ3) is 20.2. The third-order valence-electron chi connectivity index (χ3n) is 23.1. The largest absolute Gasteiger partial charge is 0.472 e. The maximum atomic E-state index is 14.7. The fourth-order valence-electron chi connectivity index (χ4n) is 15.5. The van der Waals surface area contributed by atoms with E-state index in [1.807, 2.05) is 33.9 Å². The maximum absolute atomic E-state index is 14.7. The van der Waals surface area contributed by atoms with Gasteiger partial charge in [-0.25, -0.2) is 62.5 Å². The minimum absolute atomic E-state index is 0.00384. The van der Waals surface area contributed by atoms with Gasteiger partial charge in [0, 0.05) is 50.3 Å². The molecule has 21 N–H and O–H groups in total. The molecule has 133 heavy (non-hydrogen) atoms. The van der Waals surface area contributed by atoms with Crippen molar-refractivity contribution < 1.29 is 130 Å². The van der Waals surface area contributed by atoms with E-state index in [9.17, 15) is 81.2 Å². The Labute approximate surface area is 742 Å². The van der Waals surface area contributed by atoms with Crippen molar-refractivity contribution in [1.82, 2.24) is 107 Å². The Morgan fingerprint density at radius 1 is 0.391 bits per heavy atom. The quantitative estimate of drug-likeness (QED) is 0.0183. The van der Waals surface area contributed by atoms with Crippen molar-refractivity contribution in [3.05, 3.63) is 112 Å². The molecule has 0 bridgehead atoms. The van der Waals surface area contributed by atoms with E-state index in [2.05, 4.69) is 79.7 Å². The van der Waals surface area contributed by atoms with Gasteiger partial charge in [0.25, 0.3) is 27.8 Å². The molecular weight excluding hydrogens is 1900 g/mol. The van der Waals surface area contributed by atoms with Crippen molar-refractivity contribution in [2.45, 2.75) is 195 Å². The SMILES string of the molecule is Cc1cn([C@H]2C[C@H](OP(=O)(O)OC[C@H]3O[C@@H](n4cnc5c(=O)[nH]c(N)nc54)C[C@@H]3OP(=O)(O)OC[C@H]3O[C@@H](n4cnc5c(=O)[nH]c(N)nc54)C[C@@H]3OP(=O)(O)OC[C@H]3O[C@@H](n4cnc5c(=O)[nH]c(N)nc54)C[C@@H]3OP(=O)(O)OC[C@H]3O[C@@H](n4cnc5c(N)ncnc54)C[C@@H]3OP(=O)(O)OC[C@H]3O[C@@H](n4cnc5c(=O)[nH]c(N)nc54)C[C@@H]3O)[C@@H](CO[Si](C)(C)C(C)(C)C)O2)c(=O)[nH]c1=O. The first-order valence-corrected chi connectivity index (χ1v) is 50.7. The second-order valence-electron chi connectivity index (χ2n) is 33.0. The summed E-state index contributed by atoms with van der Waals surface area (Å²) in [6, 6.07) is 0. The first kappa shape index (κ1) is 94.8. The van der Waals surface area contributed by atoms with E-state index in [1.165, 1.54) is 44.0 Å². The number of H-pyrrole nitrogens is 5. The molecule has 11 aromatic heterocycles. The molecule has 0 amide bonds. The zero-order chi connectivity index (χ0) is 94.8. The van der Waals surface area contributed by atoms with E-state index in [1.54, 1.807) is 0 Å². The highest BCUT2D eigenvalue weighted by Gasteiger charge is 2.53. The summed E-state index contributed by atoms with van der Waals surface area (Å²) in [4.78, 5) is 193. The van der Waals surface area contributed by atoms with Gasteiger partial charge in [0.05, 0.1) is 77.4 Å². The predicted molar refractivity (Wildman–Crippen MR) is 450 cm³/mol. The van der Waals surface area contributed by atoms with Crippen LogP contribution in [0, 0.1) is 6.92 Å². The molecule has 0 spiro atoms. The highest BCUT2D eigenvalue weighted by Crippen LogP contribution is 2.57. The fraction of sp³-hybridized carbons (Fsp3) is 0.561. The van der Waals surface area contributed by atoms with Crippen LogP contribution in [0.1, 0.15) is 102 Å². The van der Waals surface area contributed by atoms with Crippen LogP contribution in [-0.2, 0) is 101 Å². The van der Waals surface area contributed by atoms with Gasteiger partial charge in [0.1, 0.15) is 116 Å². The summed E-state index contributed by atoms with van der Waals surface area (Å²) in [6.07, 6.45) is -20.9. The number of aromatic amines is 5. The van der Waals surface area contributed by atoms with E-state index in [0.717, 1.165) is 34.4 Å². The van der Waals surface area contributed by atoms with Crippen LogP contribution in [0.2, 0.25) is 18.1 Å². The number of phosphoric ester groups is 5. The number of phosphoric acid groups is 5. The van der Waals surface area contributed by atoms with E-state index in [0.29, 0.717) is 0 Å². The lowest BCUT2D eigenvalue weighted by atomic mass is 10.2. The molecular formula is C66H88N27O34P5Si. The molecule has 6 fully saturated rings. The molecule has 67 heteroatoms. The Bertz CT molecular complexity index is 6940. The Kier molecular flexibility index (Phi) is 25.9. The number of rotatable bonds is 34. The number of aliphatic hydroxyl groups excluding tert-OH is 1. The summed E-state index contributed by atoms with van der Waals surface area (Å²) in [5.41, 5.74) is 24.0. The zero-order valence-electron chi connectivity index (χ0n) is 70.3. The zero-order valence-corrected chi connectivity index (χ0v) is 75.7. The Hall–Kier alpha value is -9.92. The Morgan fingerprint density at radius 3 is 0.992 bits per heavy atom. The standard InChI is InChI=1S/C66H88N27O34P5Si/c1-26-13-88(65(100)87-56(26)95)40-8-32(38(122-40)19-116-133(5,6)66(2,3)4)127-132(109,110)115-18-37-31(12-44(121-37)93-25-78-49-55(93)82-64(71)86-60(49)99)126-131(107,108)114-17-36-30(11-43(120-36)92-24-77-48-54(92)81-63(70)85-59(48)98)125-130(105,106)113-16-35-29(10-42(119-35)91-23-76-47-53(91)80-62(69)84-58(47)97)124-129(103,104)112-15-34-28(9-41(118-34)89-21-74-45-50(67)72-20-73-51(45)89)123-128(101,102)111-14-33-27(94)7-39(117-33)90-22-75-46-52(90)79-61(68)83-57(46)96/h13,20-25,27-44,94H,7-12,14-19H2,1-6H3,(H,101,102)(H,103,104)(H,105,106)(H,107,108)(H,109,110)(H2,67,72,73)(H,87,95,100)(H3,68,79,83,96)(H3,69,80,84,97)(H3,70,81,85,98)(H3,71,82,86,99)/t27-,28-,29-,30-,31-,32-,33+,34+,35+,36+,37+,38+,39+,40+,41+,42+,43+,44+/m0/s1. The van der Waals surface area contributed by atoms with Crippen molar-refractivity contribution in [2.75, 3.05) is 68.3 Å². The van der Waals surface area contributed by atoms with Crippen LogP contribution in [0.25, 0.3) is 55.8 Å². The number of aryl methyl sites for hydroxylation is 1. The Balaban J connectivity index is 0.598. The number of anilines is 5. The lowest BCUT2D eigenvalue weighted by Gasteiger charge is -2.37. The van der Waals surface area contributed by atoms with Gasteiger partial charge in [-0.3, -0.25) is 122 Å². The van der Waals surface area contributed by atoms with E-state index < -0.39 is 256 Å². The summed E-state index contributed by atoms with van der Waals surface area (Å²) in [5.74, 6) is -1.44. The minimum Gasteiger partial charge on any atom is -0.414 e. The van der Waals surface area contributed by atoms with Crippen LogP contribution in [0.3, 0.4) is 0 Å². The number of aliphatic hydroxyl groups is 1. The third-order valence-corrected chi connectivity index (χ3v) is 32.6. The molecule has 0 aromatic carbocycles. The van der Waals surface area contributed by atoms with Crippen LogP contribution < -0.4 is 62.2 Å². The summed E-state index contributed by atoms with van der Waals surface area (Å²) in [6.45, 7) is 5.98. The Morgan fingerprint density at radius 2 is 0.669 bits per heavy atom. The summed E-state index contributed by atoms with van der Waals surface area (Å²) in [7, 11) is -30.2. The van der Waals surface area contributed by atoms with Gasteiger partial charge in [0.15, 0.2) is 64.4 Å². The second kappa shape index (κ2) is 36.3. The van der Waals surface area contributed by atoms with Crippen LogP contribution in [0.5, 0.6) is 0 Å². The number of aromatic nitrogens is 22. The maximum Gasteiger partial charge on any atom is 0.472 e. The van der Waals surface area contributed by atoms with Crippen molar-refractivity contribution in [3.63, 3.8) is 0 Å². The van der Waals surface area contributed by atoms with Gasteiger partial charge in [-0.15, -0.1) is 0 Å². The summed E-state index contributed by atoms with van der Waals surface area (Å²) in [5, 5.41) is 10.8. The van der Waals surface area contributed by atoms with E-state index in [4.69, 9.17) is 107 Å². The monoisotopic (exact) mass is 1990 g/mol. The summed E-state index contributed by atoms with van der Waals surface area (Å²) < 4.78 is 180. The van der Waals surface area contributed by atoms with E-state index in [-0.39, 0.29) is 110 Å². The van der Waals surface area contributed by atoms with Crippen LogP contribution >= 0.6 is 39.1 Å². The molecule has 17 rings (SSSR count). The summed E-state index contributed by atoms with van der Waals surface area (Å²) >= 11 is 0. The number of fused-ring (bicyclic) bond motifs is 5. The molecule has 0 aliphatic carbocycles. The number of hydrogen-bond donors (Lipinski definition) is 16.